The molecule has 1 heterocycles. The fourth-order valence-electron chi connectivity index (χ4n) is 2.47. The third kappa shape index (κ3) is 4.29. The van der Waals surface area contributed by atoms with Crippen molar-refractivity contribution in [2.24, 2.45) is 0 Å². The molecule has 0 aliphatic carbocycles. The monoisotopic (exact) mass is 291 g/mol. The van der Waals surface area contributed by atoms with Gasteiger partial charge in [-0.25, -0.2) is 4.79 Å². The predicted octanol–water partition coefficient (Wildman–Crippen LogP) is 2.06. The quantitative estimate of drug-likeness (QED) is 0.871. The number of carboxylic acid groups (broad SMARTS) is 1. The van der Waals surface area contributed by atoms with E-state index in [1.807, 2.05) is 30.3 Å². The molecule has 1 aliphatic rings. The first-order chi connectivity index (χ1) is 10.1. The lowest BCUT2D eigenvalue weighted by Gasteiger charge is -2.27. The summed E-state index contributed by atoms with van der Waals surface area (Å²) in [5.74, 6) is -1.16. The summed E-state index contributed by atoms with van der Waals surface area (Å²) < 4.78 is 5.47. The number of hydrogen-bond acceptors (Lipinski definition) is 3. The number of carbonyl (C=O) groups is 2. The van der Waals surface area contributed by atoms with Crippen LogP contribution in [0.2, 0.25) is 0 Å². The van der Waals surface area contributed by atoms with Gasteiger partial charge in [-0.05, 0) is 25.3 Å². The minimum absolute atomic E-state index is 0.0724. The second-order valence-electron chi connectivity index (χ2n) is 5.36. The lowest BCUT2D eigenvalue weighted by atomic mass is 10.1. The summed E-state index contributed by atoms with van der Waals surface area (Å²) in [6.45, 7) is 2.53. The van der Waals surface area contributed by atoms with Crippen LogP contribution in [0.3, 0.4) is 0 Å². The van der Waals surface area contributed by atoms with E-state index in [0.717, 1.165) is 18.4 Å². The average Bonchev–Trinajstić information content (AvgIpc) is 2.97. The van der Waals surface area contributed by atoms with Crippen LogP contribution in [0.25, 0.3) is 0 Å². The normalized spacial score (nSPS) is 19.2. The van der Waals surface area contributed by atoms with Crippen molar-refractivity contribution in [2.75, 3.05) is 6.61 Å². The number of amides is 1. The Morgan fingerprint density at radius 3 is 2.67 bits per heavy atom. The Bertz CT molecular complexity index is 482. The highest BCUT2D eigenvalue weighted by Crippen LogP contribution is 2.18. The van der Waals surface area contributed by atoms with Gasteiger partial charge in [0, 0.05) is 13.2 Å². The van der Waals surface area contributed by atoms with Crippen LogP contribution >= 0.6 is 0 Å². The highest BCUT2D eigenvalue weighted by atomic mass is 16.5. The second kappa shape index (κ2) is 7.22. The average molecular weight is 291 g/mol. The summed E-state index contributed by atoms with van der Waals surface area (Å²) in [5.41, 5.74) is 0.922. The molecule has 1 fully saturated rings. The Labute approximate surface area is 124 Å². The van der Waals surface area contributed by atoms with E-state index in [-0.39, 0.29) is 18.4 Å². The number of nitrogens with zero attached hydrogens (tertiary/aromatic N) is 1. The topological polar surface area (TPSA) is 66.8 Å². The number of hydrogen-bond donors (Lipinski definition) is 1. The number of carbonyl (C=O) groups excluding carboxylic acids is 1. The van der Waals surface area contributed by atoms with Gasteiger partial charge in [0.25, 0.3) is 0 Å². The van der Waals surface area contributed by atoms with Crippen LogP contribution in [0.1, 0.15) is 31.7 Å². The van der Waals surface area contributed by atoms with Crippen LogP contribution in [0.15, 0.2) is 30.3 Å². The molecule has 1 aromatic carbocycles. The van der Waals surface area contributed by atoms with Crippen LogP contribution in [-0.2, 0) is 20.9 Å². The highest BCUT2D eigenvalue weighted by molar-refractivity contribution is 5.83. The highest BCUT2D eigenvalue weighted by Gasteiger charge is 2.28. The van der Waals surface area contributed by atoms with Gasteiger partial charge in [-0.1, -0.05) is 30.3 Å². The SMILES string of the molecule is CC(C(=O)O)N(Cc1ccccc1)C(=O)CC1CCCO1. The van der Waals surface area contributed by atoms with E-state index in [2.05, 4.69) is 0 Å². The van der Waals surface area contributed by atoms with Crippen molar-refractivity contribution >= 4 is 11.9 Å². The molecule has 0 bridgehead atoms. The van der Waals surface area contributed by atoms with Crippen molar-refractivity contribution in [3.63, 3.8) is 0 Å². The number of ether oxygens (including phenoxy) is 1. The molecule has 1 aliphatic heterocycles. The molecule has 21 heavy (non-hydrogen) atoms. The first-order valence-electron chi connectivity index (χ1n) is 7.25. The van der Waals surface area contributed by atoms with Gasteiger partial charge in [0.05, 0.1) is 12.5 Å². The van der Waals surface area contributed by atoms with Gasteiger partial charge >= 0.3 is 5.97 Å². The van der Waals surface area contributed by atoms with Crippen molar-refractivity contribution in [2.45, 2.75) is 44.9 Å². The van der Waals surface area contributed by atoms with Gasteiger partial charge < -0.3 is 14.7 Å². The van der Waals surface area contributed by atoms with E-state index < -0.39 is 12.0 Å². The smallest absolute Gasteiger partial charge is 0.326 e. The molecule has 114 valence electrons. The van der Waals surface area contributed by atoms with Crippen molar-refractivity contribution in [1.29, 1.82) is 0 Å². The molecule has 0 saturated carbocycles. The maximum atomic E-state index is 12.4. The van der Waals surface area contributed by atoms with Crippen molar-refractivity contribution in [3.8, 4) is 0 Å². The van der Waals surface area contributed by atoms with E-state index in [4.69, 9.17) is 4.74 Å². The van der Waals surface area contributed by atoms with E-state index in [1.165, 1.54) is 4.90 Å². The maximum Gasteiger partial charge on any atom is 0.326 e. The van der Waals surface area contributed by atoms with Crippen LogP contribution in [0, 0.1) is 0 Å². The summed E-state index contributed by atoms with van der Waals surface area (Å²) >= 11 is 0. The van der Waals surface area contributed by atoms with Crippen LogP contribution in [0.5, 0.6) is 0 Å². The van der Waals surface area contributed by atoms with Crippen molar-refractivity contribution in [1.82, 2.24) is 4.90 Å². The van der Waals surface area contributed by atoms with Gasteiger partial charge in [0.15, 0.2) is 0 Å². The molecule has 2 rings (SSSR count). The van der Waals surface area contributed by atoms with Gasteiger partial charge in [-0.3, -0.25) is 4.79 Å². The standard InChI is InChI=1S/C16H21NO4/c1-12(16(19)20)17(11-13-6-3-2-4-7-13)15(18)10-14-8-5-9-21-14/h2-4,6-7,12,14H,5,8-11H2,1H3,(H,19,20). The second-order valence-corrected chi connectivity index (χ2v) is 5.36. The third-order valence-corrected chi connectivity index (χ3v) is 3.77. The molecule has 1 amide bonds. The molecule has 2 unspecified atom stereocenters. The van der Waals surface area contributed by atoms with Crippen LogP contribution < -0.4 is 0 Å². The third-order valence-electron chi connectivity index (χ3n) is 3.77. The fourth-order valence-corrected chi connectivity index (χ4v) is 2.47. The maximum absolute atomic E-state index is 12.4. The zero-order valence-corrected chi connectivity index (χ0v) is 12.2. The van der Waals surface area contributed by atoms with E-state index in [9.17, 15) is 14.7 Å². The number of carboxylic acids is 1. The first kappa shape index (κ1) is 15.5. The Morgan fingerprint density at radius 1 is 1.38 bits per heavy atom. The minimum Gasteiger partial charge on any atom is -0.480 e. The molecule has 0 spiro atoms. The molecule has 0 radical (unpaired) electrons. The summed E-state index contributed by atoms with van der Waals surface area (Å²) in [6, 6.07) is 8.58. The largest absolute Gasteiger partial charge is 0.480 e. The van der Waals surface area contributed by atoms with E-state index >= 15 is 0 Å². The predicted molar refractivity (Wildman–Crippen MR) is 77.7 cm³/mol. The summed E-state index contributed by atoms with van der Waals surface area (Å²) in [6.07, 6.45) is 2.01. The number of aliphatic carboxylic acids is 1. The fraction of sp³-hybridized carbons (Fsp3) is 0.500. The molecule has 1 N–H and O–H groups in total. The van der Waals surface area contributed by atoms with E-state index in [1.54, 1.807) is 6.92 Å². The lowest BCUT2D eigenvalue weighted by molar-refractivity contribution is -0.151. The molecule has 2 atom stereocenters. The Balaban J connectivity index is 2.07. The van der Waals surface area contributed by atoms with Crippen molar-refractivity contribution < 1.29 is 19.4 Å². The molecular formula is C16H21NO4. The van der Waals surface area contributed by atoms with E-state index in [0.29, 0.717) is 13.2 Å². The summed E-state index contributed by atoms with van der Waals surface area (Å²) in [5, 5.41) is 9.22. The van der Waals surface area contributed by atoms with Gasteiger partial charge in [-0.15, -0.1) is 0 Å². The molecule has 1 aromatic rings. The van der Waals surface area contributed by atoms with Gasteiger partial charge in [-0.2, -0.15) is 0 Å². The Kier molecular flexibility index (Phi) is 5.33. The molecular weight excluding hydrogens is 270 g/mol. The van der Waals surface area contributed by atoms with Gasteiger partial charge in [0.1, 0.15) is 6.04 Å². The molecule has 5 heteroatoms. The van der Waals surface area contributed by atoms with Crippen LogP contribution in [-0.4, -0.2) is 40.6 Å². The van der Waals surface area contributed by atoms with Crippen molar-refractivity contribution in [3.05, 3.63) is 35.9 Å². The first-order valence-corrected chi connectivity index (χ1v) is 7.25. The summed E-state index contributed by atoms with van der Waals surface area (Å²) in [7, 11) is 0. The summed E-state index contributed by atoms with van der Waals surface area (Å²) in [4.78, 5) is 25.1. The molecule has 5 nitrogen and oxygen atoms in total. The number of rotatable bonds is 6. The Morgan fingerprint density at radius 2 is 2.10 bits per heavy atom. The number of benzene rings is 1. The molecule has 1 saturated heterocycles. The zero-order valence-electron chi connectivity index (χ0n) is 12.2. The molecule has 0 aromatic heterocycles. The van der Waals surface area contributed by atoms with Gasteiger partial charge in [0.2, 0.25) is 5.91 Å². The Hall–Kier alpha value is -1.88. The zero-order chi connectivity index (χ0) is 15.2. The minimum atomic E-state index is -0.994. The van der Waals surface area contributed by atoms with Crippen LogP contribution in [0.4, 0.5) is 0 Å². The lowest BCUT2D eigenvalue weighted by Crippen LogP contribution is -2.43.